The first-order valence-electron chi connectivity index (χ1n) is 9.32. The topological polar surface area (TPSA) is 79.2 Å². The number of aryl methyl sites for hydroxylation is 1. The maximum absolute atomic E-state index is 13.3. The predicted octanol–water partition coefficient (Wildman–Crippen LogP) is 2.78. The van der Waals surface area contributed by atoms with E-state index in [-0.39, 0.29) is 11.8 Å². The second kappa shape index (κ2) is 5.68. The zero-order valence-corrected chi connectivity index (χ0v) is 15.2. The number of carbonyl (C=O) groups excluding carboxylic acids is 1. The Hall–Kier alpha value is -3.14. The standard InChI is InChI=1S/C20H20N6O/c1-24-11-15(10-23-24)14-9-18-17(5-7-22-26(18)12-14)25-8-6-20(13-21,19(25)27)16-3-2-4-16/h5,7,9-12,16H,2-4,6,8H2,1H3. The van der Waals surface area contributed by atoms with Gasteiger partial charge in [0.2, 0.25) is 5.91 Å². The van der Waals surface area contributed by atoms with Crippen LogP contribution in [0.4, 0.5) is 5.69 Å². The first-order valence-corrected chi connectivity index (χ1v) is 9.32. The molecule has 7 heteroatoms. The Labute approximate surface area is 156 Å². The molecule has 0 N–H and O–H groups in total. The third-order valence-electron chi connectivity index (χ3n) is 6.17. The molecule has 5 rings (SSSR count). The largest absolute Gasteiger partial charge is 0.309 e. The molecule has 0 radical (unpaired) electrons. The van der Waals surface area contributed by atoms with Gasteiger partial charge in [-0.2, -0.15) is 15.5 Å². The van der Waals surface area contributed by atoms with E-state index in [1.54, 1.807) is 20.3 Å². The zero-order valence-electron chi connectivity index (χ0n) is 15.2. The van der Waals surface area contributed by atoms with Crippen LogP contribution in [0, 0.1) is 22.7 Å². The summed E-state index contributed by atoms with van der Waals surface area (Å²) < 4.78 is 3.55. The maximum atomic E-state index is 13.3. The molecule has 1 aliphatic heterocycles. The first-order chi connectivity index (χ1) is 13.1. The second-order valence-corrected chi connectivity index (χ2v) is 7.60. The van der Waals surface area contributed by atoms with Crippen molar-refractivity contribution in [1.29, 1.82) is 5.26 Å². The summed E-state index contributed by atoms with van der Waals surface area (Å²) in [7, 11) is 1.88. The molecule has 136 valence electrons. The van der Waals surface area contributed by atoms with Crippen LogP contribution in [0.15, 0.2) is 36.9 Å². The van der Waals surface area contributed by atoms with Gasteiger partial charge in [-0.25, -0.2) is 4.52 Å². The second-order valence-electron chi connectivity index (χ2n) is 7.60. The highest BCUT2D eigenvalue weighted by Crippen LogP contribution is 2.49. The van der Waals surface area contributed by atoms with Gasteiger partial charge >= 0.3 is 0 Å². The van der Waals surface area contributed by atoms with E-state index in [0.717, 1.165) is 41.6 Å². The van der Waals surface area contributed by atoms with E-state index in [9.17, 15) is 10.1 Å². The maximum Gasteiger partial charge on any atom is 0.247 e. The van der Waals surface area contributed by atoms with E-state index in [1.165, 1.54) is 0 Å². The quantitative estimate of drug-likeness (QED) is 0.719. The van der Waals surface area contributed by atoms with Gasteiger partial charge in [0.1, 0.15) is 5.41 Å². The molecule has 0 bridgehead atoms. The van der Waals surface area contributed by atoms with Crippen LogP contribution >= 0.6 is 0 Å². The molecule has 1 aliphatic carbocycles. The van der Waals surface area contributed by atoms with Crippen LogP contribution in [0.2, 0.25) is 0 Å². The van der Waals surface area contributed by atoms with Gasteiger partial charge in [0.15, 0.2) is 0 Å². The number of nitriles is 1. The van der Waals surface area contributed by atoms with E-state index < -0.39 is 5.41 Å². The Kier molecular flexibility index (Phi) is 3.38. The zero-order chi connectivity index (χ0) is 18.6. The Morgan fingerprint density at radius 2 is 2.11 bits per heavy atom. The molecule has 0 aromatic carbocycles. The van der Waals surface area contributed by atoms with Gasteiger partial charge in [-0.05, 0) is 37.3 Å². The van der Waals surface area contributed by atoms with Gasteiger partial charge in [0.25, 0.3) is 0 Å². The number of aromatic nitrogens is 4. The van der Waals surface area contributed by atoms with Crippen LogP contribution in [-0.2, 0) is 11.8 Å². The van der Waals surface area contributed by atoms with Crippen LogP contribution in [0.5, 0.6) is 0 Å². The lowest BCUT2D eigenvalue weighted by Gasteiger charge is -2.36. The number of carbonyl (C=O) groups is 1. The summed E-state index contributed by atoms with van der Waals surface area (Å²) in [6.45, 7) is 0.579. The molecule has 1 saturated heterocycles. The number of rotatable bonds is 3. The number of anilines is 1. The van der Waals surface area contributed by atoms with Crippen molar-refractivity contribution in [3.05, 3.63) is 36.9 Å². The van der Waals surface area contributed by atoms with Crippen LogP contribution in [0.25, 0.3) is 16.6 Å². The molecule has 3 aromatic rings. The Morgan fingerprint density at radius 3 is 2.78 bits per heavy atom. The van der Waals surface area contributed by atoms with E-state index >= 15 is 0 Å². The van der Waals surface area contributed by atoms with E-state index in [4.69, 9.17) is 0 Å². The van der Waals surface area contributed by atoms with Crippen LogP contribution in [0.1, 0.15) is 25.7 Å². The number of hydrogen-bond acceptors (Lipinski definition) is 4. The highest BCUT2D eigenvalue weighted by molar-refractivity contribution is 6.05. The minimum absolute atomic E-state index is 0.0491. The molecule has 1 amide bonds. The van der Waals surface area contributed by atoms with Crippen molar-refractivity contribution in [3.63, 3.8) is 0 Å². The van der Waals surface area contributed by atoms with Crippen molar-refractivity contribution in [1.82, 2.24) is 19.4 Å². The molecule has 0 spiro atoms. The summed E-state index contributed by atoms with van der Waals surface area (Å²) in [5.74, 6) is 0.155. The van der Waals surface area contributed by atoms with Crippen LogP contribution in [0.3, 0.4) is 0 Å². The Morgan fingerprint density at radius 1 is 1.26 bits per heavy atom. The van der Waals surface area contributed by atoms with Crippen LogP contribution in [-0.4, -0.2) is 31.8 Å². The summed E-state index contributed by atoms with van der Waals surface area (Å²) >= 11 is 0. The highest BCUT2D eigenvalue weighted by Gasteiger charge is 2.54. The van der Waals surface area contributed by atoms with Gasteiger partial charge in [-0.1, -0.05) is 6.42 Å². The molecule has 2 aliphatic rings. The third kappa shape index (κ3) is 2.23. The van der Waals surface area contributed by atoms with Gasteiger partial charge in [0, 0.05) is 43.3 Å². The minimum Gasteiger partial charge on any atom is -0.309 e. The van der Waals surface area contributed by atoms with Crippen molar-refractivity contribution in [2.24, 2.45) is 18.4 Å². The third-order valence-corrected chi connectivity index (χ3v) is 6.17. The molecule has 1 atom stereocenters. The van der Waals surface area contributed by atoms with Crippen molar-refractivity contribution in [2.45, 2.75) is 25.7 Å². The molecule has 1 unspecified atom stereocenters. The molecular formula is C20H20N6O. The first kappa shape index (κ1) is 16.1. The van der Waals surface area contributed by atoms with Crippen molar-refractivity contribution < 1.29 is 4.79 Å². The summed E-state index contributed by atoms with van der Waals surface area (Å²) in [5, 5.41) is 18.5. The molecular weight excluding hydrogens is 340 g/mol. The molecule has 4 heterocycles. The predicted molar refractivity (Wildman–Crippen MR) is 99.8 cm³/mol. The van der Waals surface area contributed by atoms with Crippen molar-refractivity contribution in [2.75, 3.05) is 11.4 Å². The van der Waals surface area contributed by atoms with Gasteiger partial charge in [-0.3, -0.25) is 9.48 Å². The number of amides is 1. The van der Waals surface area contributed by atoms with Gasteiger partial charge in [0.05, 0.1) is 23.5 Å². The van der Waals surface area contributed by atoms with Crippen molar-refractivity contribution in [3.8, 4) is 17.2 Å². The fourth-order valence-electron chi connectivity index (χ4n) is 4.40. The lowest BCUT2D eigenvalue weighted by molar-refractivity contribution is -0.126. The lowest BCUT2D eigenvalue weighted by Crippen LogP contribution is -2.42. The smallest absolute Gasteiger partial charge is 0.247 e. The average molecular weight is 360 g/mol. The summed E-state index contributed by atoms with van der Waals surface area (Å²) in [6.07, 6.45) is 11.1. The SMILES string of the molecule is Cn1cc(-c2cc3c(N4CCC(C#N)(C5CCC5)C4=O)ccnn3c2)cn1. The van der Waals surface area contributed by atoms with E-state index in [1.807, 2.05) is 37.8 Å². The lowest BCUT2D eigenvalue weighted by atomic mass is 9.65. The van der Waals surface area contributed by atoms with Gasteiger partial charge in [-0.15, -0.1) is 0 Å². The molecule has 2 fully saturated rings. The summed E-state index contributed by atoms with van der Waals surface area (Å²) in [6, 6.07) is 6.29. The fraction of sp³-hybridized carbons (Fsp3) is 0.400. The van der Waals surface area contributed by atoms with E-state index in [0.29, 0.717) is 13.0 Å². The minimum atomic E-state index is -0.850. The Balaban J connectivity index is 1.56. The monoisotopic (exact) mass is 360 g/mol. The highest BCUT2D eigenvalue weighted by atomic mass is 16.2. The fourth-order valence-corrected chi connectivity index (χ4v) is 4.40. The molecule has 1 saturated carbocycles. The van der Waals surface area contributed by atoms with Gasteiger partial charge < -0.3 is 4.90 Å². The summed E-state index contributed by atoms with van der Waals surface area (Å²) in [4.78, 5) is 15.1. The number of hydrogen-bond donors (Lipinski definition) is 0. The molecule has 7 nitrogen and oxygen atoms in total. The van der Waals surface area contributed by atoms with E-state index in [2.05, 4.69) is 16.3 Å². The Bertz CT molecular complexity index is 1090. The average Bonchev–Trinajstić information content (AvgIpc) is 3.31. The number of nitrogens with zero attached hydrogens (tertiary/aromatic N) is 6. The van der Waals surface area contributed by atoms with Crippen LogP contribution < -0.4 is 4.90 Å². The number of fused-ring (bicyclic) bond motifs is 1. The van der Waals surface area contributed by atoms with Crippen molar-refractivity contribution >= 4 is 17.1 Å². The molecule has 27 heavy (non-hydrogen) atoms. The normalized spacial score (nSPS) is 23.0. The molecule has 3 aromatic heterocycles. The summed E-state index contributed by atoms with van der Waals surface area (Å²) in [5.41, 5.74) is 2.84.